The van der Waals surface area contributed by atoms with Crippen molar-refractivity contribution in [3.05, 3.63) is 76.6 Å². The average Bonchev–Trinajstić information content (AvgIpc) is 2.95. The summed E-state index contributed by atoms with van der Waals surface area (Å²) >= 11 is 3.33. The number of hydrogen-bond donors (Lipinski definition) is 1. The Morgan fingerprint density at radius 1 is 1.17 bits per heavy atom. The number of rotatable bonds is 4. The summed E-state index contributed by atoms with van der Waals surface area (Å²) in [5, 5.41) is 6.80. The van der Waals surface area contributed by atoms with E-state index in [9.17, 15) is 9.18 Å². The first kappa shape index (κ1) is 16.2. The van der Waals surface area contributed by atoms with Crippen molar-refractivity contribution in [2.75, 3.05) is 5.32 Å². The Balaban J connectivity index is 1.72. The summed E-state index contributed by atoms with van der Waals surface area (Å²) in [6.07, 6.45) is 0.930. The lowest BCUT2D eigenvalue weighted by atomic mass is 10.2. The van der Waals surface area contributed by atoms with Gasteiger partial charge in [-0.1, -0.05) is 30.3 Å². The molecule has 0 unspecified atom stereocenters. The molecule has 0 fully saturated rings. The highest BCUT2D eigenvalue weighted by atomic mass is 79.9. The van der Waals surface area contributed by atoms with Gasteiger partial charge in [-0.25, -0.2) is 13.9 Å². The summed E-state index contributed by atoms with van der Waals surface area (Å²) in [7, 11) is 0. The molecule has 122 valence electrons. The maximum absolute atomic E-state index is 13.1. The third-order valence-electron chi connectivity index (χ3n) is 3.23. The number of nitrogens with zero attached hydrogens (tertiary/aromatic N) is 2. The third-order valence-corrected chi connectivity index (χ3v) is 3.81. The molecular weight excluding hydrogens is 377 g/mol. The van der Waals surface area contributed by atoms with Crippen LogP contribution in [0.1, 0.15) is 5.56 Å². The summed E-state index contributed by atoms with van der Waals surface area (Å²) in [4.78, 5) is 12.0. The molecule has 0 saturated heterocycles. The van der Waals surface area contributed by atoms with Crippen molar-refractivity contribution in [3.8, 4) is 5.69 Å². The smallest absolute Gasteiger partial charge is 0.413 e. The lowest BCUT2D eigenvalue weighted by Crippen LogP contribution is -2.16. The predicted octanol–water partition coefficient (Wildman–Crippen LogP) is 4.52. The second-order valence-corrected chi connectivity index (χ2v) is 5.77. The molecule has 0 spiro atoms. The van der Waals surface area contributed by atoms with Gasteiger partial charge in [-0.2, -0.15) is 5.10 Å². The van der Waals surface area contributed by atoms with E-state index in [1.807, 2.05) is 30.3 Å². The molecule has 0 radical (unpaired) electrons. The predicted molar refractivity (Wildman–Crippen MR) is 91.5 cm³/mol. The van der Waals surface area contributed by atoms with Crippen LogP contribution < -0.4 is 5.32 Å². The Labute approximate surface area is 146 Å². The molecule has 1 aromatic heterocycles. The Morgan fingerprint density at radius 3 is 2.58 bits per heavy atom. The lowest BCUT2D eigenvalue weighted by molar-refractivity contribution is 0.155. The van der Waals surface area contributed by atoms with Gasteiger partial charge in [0.2, 0.25) is 0 Å². The van der Waals surface area contributed by atoms with Gasteiger partial charge in [-0.05, 0) is 45.8 Å². The highest BCUT2D eigenvalue weighted by Crippen LogP contribution is 2.25. The molecule has 0 atom stereocenters. The monoisotopic (exact) mass is 389 g/mol. The van der Waals surface area contributed by atoms with Crippen LogP contribution in [-0.4, -0.2) is 15.9 Å². The first-order valence-corrected chi connectivity index (χ1v) is 7.90. The van der Waals surface area contributed by atoms with Gasteiger partial charge in [0.15, 0.2) is 5.82 Å². The normalized spacial score (nSPS) is 10.4. The second kappa shape index (κ2) is 7.27. The van der Waals surface area contributed by atoms with E-state index in [1.165, 1.54) is 23.0 Å². The number of ether oxygens (including phenoxy) is 1. The zero-order valence-electron chi connectivity index (χ0n) is 12.4. The molecule has 5 nitrogen and oxygen atoms in total. The Morgan fingerprint density at radius 2 is 1.88 bits per heavy atom. The molecule has 3 rings (SSSR count). The van der Waals surface area contributed by atoms with E-state index in [4.69, 9.17) is 4.74 Å². The van der Waals surface area contributed by atoms with Gasteiger partial charge in [-0.3, -0.25) is 5.32 Å². The summed E-state index contributed by atoms with van der Waals surface area (Å²) in [6, 6.07) is 15.1. The van der Waals surface area contributed by atoms with Gasteiger partial charge in [0.25, 0.3) is 0 Å². The number of carbonyl (C=O) groups is 1. The summed E-state index contributed by atoms with van der Waals surface area (Å²) in [6.45, 7) is 0.162. The fourth-order valence-electron chi connectivity index (χ4n) is 2.08. The summed E-state index contributed by atoms with van der Waals surface area (Å²) in [5.74, 6) is 0.0569. The SMILES string of the molecule is O=C(Nc1c(Br)cnn1-c1ccc(F)cc1)OCc1ccccc1. The van der Waals surface area contributed by atoms with Gasteiger partial charge in [0.1, 0.15) is 12.4 Å². The molecule has 7 heteroatoms. The van der Waals surface area contributed by atoms with Gasteiger partial charge in [0, 0.05) is 0 Å². The van der Waals surface area contributed by atoms with E-state index < -0.39 is 6.09 Å². The van der Waals surface area contributed by atoms with Crippen molar-refractivity contribution in [2.24, 2.45) is 0 Å². The standard InChI is InChI=1S/C17H13BrFN3O2/c18-15-10-20-22(14-8-6-13(19)7-9-14)16(15)21-17(23)24-11-12-4-2-1-3-5-12/h1-10H,11H2,(H,21,23). The number of nitrogens with one attached hydrogen (secondary N) is 1. The van der Waals surface area contributed by atoms with Gasteiger partial charge in [0.05, 0.1) is 16.4 Å². The van der Waals surface area contributed by atoms with Crippen LogP contribution in [-0.2, 0) is 11.3 Å². The fraction of sp³-hybridized carbons (Fsp3) is 0.0588. The molecule has 3 aromatic rings. The minimum Gasteiger partial charge on any atom is -0.444 e. The summed E-state index contributed by atoms with van der Waals surface area (Å²) in [5.41, 5.74) is 1.50. The molecule has 0 aliphatic rings. The van der Waals surface area contributed by atoms with Crippen molar-refractivity contribution in [3.63, 3.8) is 0 Å². The number of halogens is 2. The number of amides is 1. The maximum Gasteiger partial charge on any atom is 0.413 e. The Bertz CT molecular complexity index is 835. The third kappa shape index (κ3) is 3.80. The van der Waals surface area contributed by atoms with Crippen molar-refractivity contribution in [1.82, 2.24) is 9.78 Å². The zero-order chi connectivity index (χ0) is 16.9. The molecule has 1 amide bonds. The van der Waals surface area contributed by atoms with Crippen molar-refractivity contribution in [2.45, 2.75) is 6.61 Å². The number of benzene rings is 2. The van der Waals surface area contributed by atoms with E-state index in [0.717, 1.165) is 5.56 Å². The van der Waals surface area contributed by atoms with Crippen LogP contribution in [0.4, 0.5) is 15.0 Å². The first-order chi connectivity index (χ1) is 11.6. The first-order valence-electron chi connectivity index (χ1n) is 7.10. The van der Waals surface area contributed by atoms with Gasteiger partial charge < -0.3 is 4.74 Å². The zero-order valence-corrected chi connectivity index (χ0v) is 14.0. The highest BCUT2D eigenvalue weighted by molar-refractivity contribution is 9.10. The van der Waals surface area contributed by atoms with E-state index in [1.54, 1.807) is 12.1 Å². The van der Waals surface area contributed by atoms with Crippen LogP contribution in [0.3, 0.4) is 0 Å². The van der Waals surface area contributed by atoms with E-state index in [-0.39, 0.29) is 12.4 Å². The molecule has 0 bridgehead atoms. The average molecular weight is 390 g/mol. The maximum atomic E-state index is 13.1. The quantitative estimate of drug-likeness (QED) is 0.713. The number of carbonyl (C=O) groups excluding carboxylic acids is 1. The minimum atomic E-state index is -0.608. The molecule has 0 aliphatic heterocycles. The number of anilines is 1. The molecule has 0 saturated carbocycles. The van der Waals surface area contributed by atoms with Crippen LogP contribution in [0.25, 0.3) is 5.69 Å². The Kier molecular flexibility index (Phi) is 4.90. The van der Waals surface area contributed by atoms with E-state index in [0.29, 0.717) is 16.0 Å². The van der Waals surface area contributed by atoms with Gasteiger partial charge >= 0.3 is 6.09 Å². The number of aromatic nitrogens is 2. The molecule has 1 N–H and O–H groups in total. The Hall–Kier alpha value is -2.67. The van der Waals surface area contributed by atoms with Crippen molar-refractivity contribution >= 4 is 27.8 Å². The molecule has 1 heterocycles. The van der Waals surface area contributed by atoms with Crippen LogP contribution in [0, 0.1) is 5.82 Å². The van der Waals surface area contributed by atoms with Crippen LogP contribution >= 0.6 is 15.9 Å². The summed E-state index contributed by atoms with van der Waals surface area (Å²) < 4.78 is 20.3. The largest absolute Gasteiger partial charge is 0.444 e. The molecule has 2 aromatic carbocycles. The molecule has 0 aliphatic carbocycles. The van der Waals surface area contributed by atoms with Crippen LogP contribution in [0.2, 0.25) is 0 Å². The fourth-order valence-corrected chi connectivity index (χ4v) is 2.43. The van der Waals surface area contributed by atoms with Crippen molar-refractivity contribution in [1.29, 1.82) is 0 Å². The van der Waals surface area contributed by atoms with Crippen LogP contribution in [0.5, 0.6) is 0 Å². The minimum absolute atomic E-state index is 0.162. The molecule has 24 heavy (non-hydrogen) atoms. The van der Waals surface area contributed by atoms with E-state index in [2.05, 4.69) is 26.3 Å². The number of hydrogen-bond acceptors (Lipinski definition) is 3. The van der Waals surface area contributed by atoms with Gasteiger partial charge in [-0.15, -0.1) is 0 Å². The topological polar surface area (TPSA) is 56.2 Å². The molecular formula is C17H13BrFN3O2. The van der Waals surface area contributed by atoms with E-state index >= 15 is 0 Å². The van der Waals surface area contributed by atoms with Crippen molar-refractivity contribution < 1.29 is 13.9 Å². The highest BCUT2D eigenvalue weighted by Gasteiger charge is 2.14. The second-order valence-electron chi connectivity index (χ2n) is 4.92. The lowest BCUT2D eigenvalue weighted by Gasteiger charge is -2.10. The van der Waals surface area contributed by atoms with Crippen LogP contribution in [0.15, 0.2) is 65.3 Å².